The molecule has 2 aromatic carbocycles. The number of pyridine rings is 1. The predicted octanol–water partition coefficient (Wildman–Crippen LogP) is 5.70. The highest BCUT2D eigenvalue weighted by atomic mass is 35.5. The van der Waals surface area contributed by atoms with E-state index in [4.69, 9.17) is 21.2 Å². The molecule has 3 aromatic heterocycles. The molecule has 0 radical (unpaired) electrons. The van der Waals surface area contributed by atoms with Gasteiger partial charge in [0.05, 0.1) is 28.5 Å². The van der Waals surface area contributed by atoms with Gasteiger partial charge in [-0.1, -0.05) is 23.7 Å². The molecule has 11 heteroatoms. The number of aromatic nitrogens is 5. The molecule has 0 aliphatic rings. The number of fused-ring (bicyclic) bond motifs is 1. The first-order valence-corrected chi connectivity index (χ1v) is 12.6. The van der Waals surface area contributed by atoms with Crippen molar-refractivity contribution in [1.29, 1.82) is 0 Å². The van der Waals surface area contributed by atoms with Crippen molar-refractivity contribution in [2.75, 3.05) is 5.32 Å². The largest absolute Gasteiger partial charge is 0.382 e. The van der Waals surface area contributed by atoms with Crippen LogP contribution < -0.4 is 5.32 Å². The molecule has 0 aliphatic heterocycles. The van der Waals surface area contributed by atoms with Gasteiger partial charge < -0.3 is 10.4 Å². The van der Waals surface area contributed by atoms with Gasteiger partial charge in [-0.05, 0) is 56.2 Å². The molecule has 0 amide bonds. The van der Waals surface area contributed by atoms with Crippen LogP contribution in [0, 0.1) is 5.82 Å². The number of hydrogen-bond donors (Lipinski definition) is 2. The van der Waals surface area contributed by atoms with Crippen LogP contribution in [-0.2, 0) is 22.2 Å². The zero-order valence-corrected chi connectivity index (χ0v) is 22.9. The quantitative estimate of drug-likeness (QED) is 0.271. The Hall–Kier alpha value is -4.50. The lowest BCUT2D eigenvalue weighted by Gasteiger charge is -2.20. The van der Waals surface area contributed by atoms with Crippen LogP contribution in [0.2, 0.25) is 5.02 Å². The fourth-order valence-electron chi connectivity index (χ4n) is 4.21. The number of rotatable bonds is 6. The number of hydrogen-bond acceptors (Lipinski definition) is 8. The van der Waals surface area contributed by atoms with Crippen molar-refractivity contribution in [3.05, 3.63) is 89.6 Å². The molecule has 0 spiro atoms. The van der Waals surface area contributed by atoms with Crippen LogP contribution in [0.3, 0.4) is 0 Å². The van der Waals surface area contributed by atoms with Crippen LogP contribution in [0.1, 0.15) is 38.2 Å². The van der Waals surface area contributed by atoms with E-state index in [1.165, 1.54) is 6.07 Å². The third-order valence-corrected chi connectivity index (χ3v) is 6.50. The second-order valence-corrected chi connectivity index (χ2v) is 10.1. The van der Waals surface area contributed by atoms with Crippen molar-refractivity contribution in [3.8, 4) is 22.3 Å². The van der Waals surface area contributed by atoms with Crippen molar-refractivity contribution in [3.63, 3.8) is 0 Å². The number of aliphatic hydroxyl groups is 1. The first-order valence-electron chi connectivity index (χ1n) is 12.2. The smallest absolute Gasteiger partial charge is 0.373 e. The van der Waals surface area contributed by atoms with E-state index >= 15 is 0 Å². The van der Waals surface area contributed by atoms with Gasteiger partial charge in [-0.2, -0.15) is 14.7 Å². The molecule has 0 unspecified atom stereocenters. The Morgan fingerprint density at radius 1 is 0.975 bits per heavy atom. The summed E-state index contributed by atoms with van der Waals surface area (Å²) in [5, 5.41) is 19.0. The standard InChI is InChI=1S/C28H26ClFN6O.CO2/c1-16(21-9-18(5-7-24(21)30)20-13-34-36(4)15-20)35-26-22-10-17(6-8-25(22)31-14-23(26)29)19-11-32-27(33-12-19)28(2,3)37;2-1-3/h5-16,37H,1-4H3,(H,31,35);/t16-;/m1./s1. The first kappa shape index (κ1) is 28.5. The minimum absolute atomic E-state index is 0.250. The molecule has 5 rings (SSSR count). The summed E-state index contributed by atoms with van der Waals surface area (Å²) in [4.78, 5) is 29.3. The van der Waals surface area contributed by atoms with E-state index in [-0.39, 0.29) is 12.0 Å². The molecule has 0 saturated carbocycles. The number of anilines is 1. The summed E-state index contributed by atoms with van der Waals surface area (Å²) in [6.07, 6.45) is 8.83. The van der Waals surface area contributed by atoms with E-state index in [0.29, 0.717) is 22.1 Å². The van der Waals surface area contributed by atoms with Crippen molar-refractivity contribution in [1.82, 2.24) is 24.7 Å². The van der Waals surface area contributed by atoms with E-state index < -0.39 is 11.6 Å². The summed E-state index contributed by atoms with van der Waals surface area (Å²) in [6.45, 7) is 5.17. The number of carbonyl (C=O) groups excluding carboxylic acids is 2. The van der Waals surface area contributed by atoms with Crippen LogP contribution in [0.4, 0.5) is 10.1 Å². The van der Waals surface area contributed by atoms with E-state index in [9.17, 15) is 9.50 Å². The maximum atomic E-state index is 14.9. The van der Waals surface area contributed by atoms with Gasteiger partial charge in [-0.25, -0.2) is 14.4 Å². The molecular formula is C29H26ClFN6O3. The predicted molar refractivity (Wildman–Crippen MR) is 149 cm³/mol. The number of nitrogens with zero attached hydrogens (tertiary/aromatic N) is 5. The van der Waals surface area contributed by atoms with Crippen molar-refractivity contribution >= 4 is 34.3 Å². The summed E-state index contributed by atoms with van der Waals surface area (Å²) >= 11 is 6.59. The third-order valence-electron chi connectivity index (χ3n) is 6.22. The van der Waals surface area contributed by atoms with Gasteiger partial charge in [-0.15, -0.1) is 0 Å². The lowest BCUT2D eigenvalue weighted by atomic mass is 10.0. The van der Waals surface area contributed by atoms with Crippen LogP contribution in [-0.4, -0.2) is 36.0 Å². The molecule has 0 fully saturated rings. The molecule has 0 bridgehead atoms. The lowest BCUT2D eigenvalue weighted by Crippen LogP contribution is -2.19. The zero-order valence-electron chi connectivity index (χ0n) is 22.2. The van der Waals surface area contributed by atoms with E-state index in [0.717, 1.165) is 33.2 Å². The normalized spacial score (nSPS) is 11.9. The molecule has 1 atom stereocenters. The highest BCUT2D eigenvalue weighted by Gasteiger charge is 2.20. The number of nitrogens with one attached hydrogen (secondary N) is 1. The summed E-state index contributed by atoms with van der Waals surface area (Å²) in [5.41, 5.74) is 4.20. The molecule has 2 N–H and O–H groups in total. The van der Waals surface area contributed by atoms with Crippen molar-refractivity contribution in [2.24, 2.45) is 7.05 Å². The van der Waals surface area contributed by atoms with E-state index in [2.05, 4.69) is 25.4 Å². The summed E-state index contributed by atoms with van der Waals surface area (Å²) < 4.78 is 16.6. The van der Waals surface area contributed by atoms with Crippen LogP contribution in [0.5, 0.6) is 0 Å². The molecule has 3 heterocycles. The Kier molecular flexibility index (Phi) is 8.35. The summed E-state index contributed by atoms with van der Waals surface area (Å²) in [5.74, 6) is 0.0281. The van der Waals surface area contributed by atoms with Gasteiger partial charge in [0.15, 0.2) is 5.82 Å². The van der Waals surface area contributed by atoms with Gasteiger partial charge in [0.1, 0.15) is 11.4 Å². The summed E-state index contributed by atoms with van der Waals surface area (Å²) in [7, 11) is 1.84. The Bertz CT molecular complexity index is 1690. The van der Waals surface area contributed by atoms with Gasteiger partial charge in [-0.3, -0.25) is 9.67 Å². The minimum Gasteiger partial charge on any atom is -0.382 e. The molecule has 40 heavy (non-hydrogen) atoms. The monoisotopic (exact) mass is 560 g/mol. The van der Waals surface area contributed by atoms with Crippen LogP contribution >= 0.6 is 11.6 Å². The van der Waals surface area contributed by atoms with Gasteiger partial charge >= 0.3 is 6.15 Å². The van der Waals surface area contributed by atoms with E-state index in [1.807, 2.05) is 44.4 Å². The second-order valence-electron chi connectivity index (χ2n) is 9.66. The SMILES string of the molecule is C[C@@H](Nc1c(Cl)cnc2ccc(-c3cnc(C(C)(C)O)nc3)cc12)c1cc(-c2cnn(C)c2)ccc1F.O=C=O. The minimum atomic E-state index is -1.13. The molecule has 204 valence electrons. The van der Waals surface area contributed by atoms with Crippen LogP contribution in [0.15, 0.2) is 67.4 Å². The maximum absolute atomic E-state index is 14.9. The fourth-order valence-corrected chi connectivity index (χ4v) is 4.41. The highest BCUT2D eigenvalue weighted by Crippen LogP contribution is 2.36. The lowest BCUT2D eigenvalue weighted by molar-refractivity contribution is -0.191. The third kappa shape index (κ3) is 6.21. The number of benzene rings is 2. The van der Waals surface area contributed by atoms with Crippen molar-refractivity contribution in [2.45, 2.75) is 32.4 Å². The Morgan fingerprint density at radius 3 is 2.25 bits per heavy atom. The average molecular weight is 561 g/mol. The van der Waals surface area contributed by atoms with Gasteiger partial charge in [0.25, 0.3) is 0 Å². The second kappa shape index (κ2) is 11.7. The van der Waals surface area contributed by atoms with E-state index in [1.54, 1.807) is 49.4 Å². The molecule has 0 aliphatic carbocycles. The Labute approximate surface area is 234 Å². The van der Waals surface area contributed by atoms with Gasteiger partial charge in [0, 0.05) is 53.9 Å². The molecule has 0 saturated heterocycles. The Balaban J connectivity index is 0.00000118. The van der Waals surface area contributed by atoms with Crippen LogP contribution in [0.25, 0.3) is 33.2 Å². The molecule has 5 aromatic rings. The topological polar surface area (TPSA) is 123 Å². The van der Waals surface area contributed by atoms with Crippen molar-refractivity contribution < 1.29 is 19.1 Å². The molecular weight excluding hydrogens is 535 g/mol. The summed E-state index contributed by atoms with van der Waals surface area (Å²) in [6, 6.07) is 10.4. The maximum Gasteiger partial charge on any atom is 0.373 e. The first-order chi connectivity index (χ1) is 19.0. The number of aryl methyl sites for hydroxylation is 1. The molecule has 9 nitrogen and oxygen atoms in total. The zero-order chi connectivity index (χ0) is 29.0. The number of halogens is 2. The van der Waals surface area contributed by atoms with Gasteiger partial charge in [0.2, 0.25) is 0 Å². The average Bonchev–Trinajstić information content (AvgIpc) is 3.36. The Morgan fingerprint density at radius 2 is 1.62 bits per heavy atom. The fraction of sp³-hybridized carbons (Fsp3) is 0.207. The highest BCUT2D eigenvalue weighted by molar-refractivity contribution is 6.34.